The Morgan fingerprint density at radius 2 is 1.79 bits per heavy atom. The van der Waals surface area contributed by atoms with Gasteiger partial charge in [0.1, 0.15) is 0 Å². The van der Waals surface area contributed by atoms with E-state index in [1.165, 1.54) is 5.19 Å². The van der Waals surface area contributed by atoms with Crippen molar-refractivity contribution in [3.8, 4) is 0 Å². The zero-order valence-electron chi connectivity index (χ0n) is 9.64. The molecule has 0 fully saturated rings. The Bertz CT molecular complexity index is 361. The van der Waals surface area contributed by atoms with E-state index in [1.54, 1.807) is 6.92 Å². The van der Waals surface area contributed by atoms with Crippen LogP contribution in [0.3, 0.4) is 0 Å². The van der Waals surface area contributed by atoms with Crippen LogP contribution in [0.5, 0.6) is 0 Å². The summed E-state index contributed by atoms with van der Waals surface area (Å²) < 4.78 is 0. The zero-order valence-corrected chi connectivity index (χ0v) is 10.6. The SMILES string of the molecule is CC(=O)c1cc([Si](C)(C)C)ccc1C. The fourth-order valence-electron chi connectivity index (χ4n) is 1.47. The van der Waals surface area contributed by atoms with Crippen LogP contribution in [-0.2, 0) is 0 Å². The van der Waals surface area contributed by atoms with E-state index in [0.717, 1.165) is 11.1 Å². The van der Waals surface area contributed by atoms with E-state index < -0.39 is 8.07 Å². The van der Waals surface area contributed by atoms with Crippen molar-refractivity contribution in [2.24, 2.45) is 0 Å². The van der Waals surface area contributed by atoms with Crippen LogP contribution >= 0.6 is 0 Å². The van der Waals surface area contributed by atoms with Gasteiger partial charge in [0.2, 0.25) is 0 Å². The van der Waals surface area contributed by atoms with E-state index in [0.29, 0.717) is 0 Å². The van der Waals surface area contributed by atoms with Gasteiger partial charge in [-0.3, -0.25) is 4.79 Å². The van der Waals surface area contributed by atoms with Gasteiger partial charge in [0, 0.05) is 5.56 Å². The van der Waals surface area contributed by atoms with E-state index in [1.807, 2.05) is 6.92 Å². The molecule has 1 rings (SSSR count). The largest absolute Gasteiger partial charge is 0.295 e. The van der Waals surface area contributed by atoms with Gasteiger partial charge >= 0.3 is 0 Å². The maximum atomic E-state index is 11.4. The molecule has 1 nitrogen and oxygen atoms in total. The summed E-state index contributed by atoms with van der Waals surface area (Å²) in [6.07, 6.45) is 0. The van der Waals surface area contributed by atoms with Crippen molar-refractivity contribution in [3.63, 3.8) is 0 Å². The van der Waals surface area contributed by atoms with Gasteiger partial charge in [-0.1, -0.05) is 43.0 Å². The third kappa shape index (κ3) is 2.32. The summed E-state index contributed by atoms with van der Waals surface area (Å²) in [6, 6.07) is 6.29. The van der Waals surface area contributed by atoms with E-state index in [4.69, 9.17) is 0 Å². The second-order valence-electron chi connectivity index (χ2n) is 4.84. The summed E-state index contributed by atoms with van der Waals surface area (Å²) in [5.74, 6) is 0.169. The molecule has 0 amide bonds. The third-order valence-corrected chi connectivity index (χ3v) is 4.53. The normalized spacial score (nSPS) is 11.5. The van der Waals surface area contributed by atoms with Gasteiger partial charge in [-0.15, -0.1) is 0 Å². The Balaban J connectivity index is 3.27. The third-order valence-electron chi connectivity index (χ3n) is 2.48. The van der Waals surface area contributed by atoms with Crippen LogP contribution in [0.2, 0.25) is 19.6 Å². The van der Waals surface area contributed by atoms with Gasteiger partial charge in [0.25, 0.3) is 0 Å². The van der Waals surface area contributed by atoms with Gasteiger partial charge in [-0.2, -0.15) is 0 Å². The average Bonchev–Trinajstić information content (AvgIpc) is 2.02. The van der Waals surface area contributed by atoms with Crippen molar-refractivity contribution >= 4 is 19.0 Å². The number of carbonyl (C=O) groups is 1. The van der Waals surface area contributed by atoms with Crippen LogP contribution < -0.4 is 5.19 Å². The van der Waals surface area contributed by atoms with E-state index >= 15 is 0 Å². The molecule has 0 atom stereocenters. The van der Waals surface area contributed by atoms with E-state index in [2.05, 4.69) is 37.8 Å². The zero-order chi connectivity index (χ0) is 10.9. The number of carbonyl (C=O) groups excluding carboxylic acids is 1. The molecular weight excluding hydrogens is 188 g/mol. The van der Waals surface area contributed by atoms with Crippen LogP contribution in [0, 0.1) is 6.92 Å². The lowest BCUT2D eigenvalue weighted by molar-refractivity contribution is 0.101. The monoisotopic (exact) mass is 206 g/mol. The highest BCUT2D eigenvalue weighted by Gasteiger charge is 2.17. The minimum absolute atomic E-state index is 0.169. The molecular formula is C12H18OSi. The number of hydrogen-bond acceptors (Lipinski definition) is 1. The van der Waals surface area contributed by atoms with Crippen molar-refractivity contribution in [3.05, 3.63) is 29.3 Å². The fraction of sp³-hybridized carbons (Fsp3) is 0.417. The summed E-state index contributed by atoms with van der Waals surface area (Å²) in [7, 11) is -1.29. The van der Waals surface area contributed by atoms with Crippen LogP contribution in [0.1, 0.15) is 22.8 Å². The maximum absolute atomic E-state index is 11.4. The molecule has 0 aromatic heterocycles. The lowest BCUT2D eigenvalue weighted by Crippen LogP contribution is -2.37. The second-order valence-corrected chi connectivity index (χ2v) is 9.91. The number of rotatable bonds is 2. The van der Waals surface area contributed by atoms with Crippen LogP contribution in [0.4, 0.5) is 0 Å². The highest BCUT2D eigenvalue weighted by Crippen LogP contribution is 2.10. The Morgan fingerprint density at radius 1 is 1.21 bits per heavy atom. The number of benzene rings is 1. The predicted octanol–water partition coefficient (Wildman–Crippen LogP) is 2.74. The number of hydrogen-bond donors (Lipinski definition) is 0. The first kappa shape index (κ1) is 11.2. The van der Waals surface area contributed by atoms with Crippen molar-refractivity contribution in [2.45, 2.75) is 33.5 Å². The summed E-state index contributed by atoms with van der Waals surface area (Å²) in [4.78, 5) is 11.4. The molecule has 2 heteroatoms. The molecule has 0 aliphatic rings. The maximum Gasteiger partial charge on any atom is 0.160 e. The van der Waals surface area contributed by atoms with Crippen LogP contribution in [0.25, 0.3) is 0 Å². The van der Waals surface area contributed by atoms with Crippen molar-refractivity contribution < 1.29 is 4.79 Å². The van der Waals surface area contributed by atoms with Crippen LogP contribution in [-0.4, -0.2) is 13.9 Å². The Kier molecular flexibility index (Phi) is 2.95. The van der Waals surface area contributed by atoms with Crippen molar-refractivity contribution in [1.82, 2.24) is 0 Å². The fourth-order valence-corrected chi connectivity index (χ4v) is 2.63. The molecule has 76 valence electrons. The topological polar surface area (TPSA) is 17.1 Å². The van der Waals surface area contributed by atoms with Gasteiger partial charge in [0.15, 0.2) is 5.78 Å². The molecule has 0 radical (unpaired) electrons. The molecule has 1 aromatic carbocycles. The summed E-state index contributed by atoms with van der Waals surface area (Å²) in [6.45, 7) is 10.5. The molecule has 0 bridgehead atoms. The molecule has 0 N–H and O–H groups in total. The van der Waals surface area contributed by atoms with Gasteiger partial charge in [-0.25, -0.2) is 0 Å². The molecule has 0 spiro atoms. The first-order chi connectivity index (χ1) is 6.32. The molecule has 0 unspecified atom stereocenters. The number of aryl methyl sites for hydroxylation is 1. The minimum Gasteiger partial charge on any atom is -0.295 e. The molecule has 14 heavy (non-hydrogen) atoms. The van der Waals surface area contributed by atoms with Crippen molar-refractivity contribution in [2.75, 3.05) is 0 Å². The predicted molar refractivity (Wildman–Crippen MR) is 64.2 cm³/mol. The second kappa shape index (κ2) is 3.69. The lowest BCUT2D eigenvalue weighted by Gasteiger charge is -2.18. The first-order valence-corrected chi connectivity index (χ1v) is 8.44. The first-order valence-electron chi connectivity index (χ1n) is 4.94. The highest BCUT2D eigenvalue weighted by atomic mass is 28.3. The van der Waals surface area contributed by atoms with Crippen LogP contribution in [0.15, 0.2) is 18.2 Å². The minimum atomic E-state index is -1.29. The van der Waals surface area contributed by atoms with Gasteiger partial charge in [-0.05, 0) is 19.4 Å². The summed E-state index contributed by atoms with van der Waals surface area (Å²) in [5, 5.41) is 1.35. The van der Waals surface area contributed by atoms with Gasteiger partial charge in [0.05, 0.1) is 8.07 Å². The van der Waals surface area contributed by atoms with E-state index in [-0.39, 0.29) is 5.78 Å². The van der Waals surface area contributed by atoms with Crippen molar-refractivity contribution in [1.29, 1.82) is 0 Å². The molecule has 0 aliphatic heterocycles. The summed E-state index contributed by atoms with van der Waals surface area (Å²) >= 11 is 0. The smallest absolute Gasteiger partial charge is 0.160 e. The van der Waals surface area contributed by atoms with Gasteiger partial charge < -0.3 is 0 Å². The number of Topliss-reactive ketones (excluding diaryl/α,β-unsaturated/α-hetero) is 1. The number of ketones is 1. The average molecular weight is 206 g/mol. The van der Waals surface area contributed by atoms with E-state index in [9.17, 15) is 4.79 Å². The Labute approximate surface area is 87.2 Å². The molecule has 0 saturated carbocycles. The highest BCUT2D eigenvalue weighted by molar-refractivity contribution is 6.88. The quantitative estimate of drug-likeness (QED) is 0.537. The Hall–Kier alpha value is -0.893. The summed E-state index contributed by atoms with van der Waals surface area (Å²) in [5.41, 5.74) is 1.96. The standard InChI is InChI=1S/C12H18OSi/c1-9-6-7-11(14(3,4)5)8-12(9)10(2)13/h6-8H,1-5H3. The molecule has 0 aliphatic carbocycles. The molecule has 0 saturated heterocycles. The Morgan fingerprint density at radius 3 is 2.21 bits per heavy atom. The molecule has 0 heterocycles. The molecule has 1 aromatic rings. The lowest BCUT2D eigenvalue weighted by atomic mass is 10.1.